The number of fused-ring (bicyclic) bond motifs is 1. The number of ether oxygens (including phenoxy) is 1. The highest BCUT2D eigenvalue weighted by Gasteiger charge is 2.19. The van der Waals surface area contributed by atoms with Gasteiger partial charge in [-0.05, 0) is 56.3 Å². The Hall–Kier alpha value is -4.92. The number of nitrogens with one attached hydrogen (secondary N) is 1. The van der Waals surface area contributed by atoms with Crippen molar-refractivity contribution >= 4 is 28.6 Å². The van der Waals surface area contributed by atoms with E-state index in [2.05, 4.69) is 10.3 Å². The monoisotopic (exact) mass is 495 g/mol. The highest BCUT2D eigenvalue weighted by molar-refractivity contribution is 5.97. The number of para-hydroxylation sites is 2. The zero-order valence-electron chi connectivity index (χ0n) is 20.6. The van der Waals surface area contributed by atoms with E-state index < -0.39 is 18.5 Å². The molecule has 3 aromatic carbocycles. The maximum atomic E-state index is 13.0. The summed E-state index contributed by atoms with van der Waals surface area (Å²) in [5.74, 6) is -0.481. The molecule has 0 radical (unpaired) electrons. The molecule has 186 valence electrons. The number of nitrogens with zero attached hydrogens (tertiary/aromatic N) is 4. The lowest BCUT2D eigenvalue weighted by atomic mass is 10.2. The molecule has 1 N–H and O–H groups in total. The Morgan fingerprint density at radius 2 is 1.57 bits per heavy atom. The molecule has 0 aliphatic heterocycles. The normalized spacial score (nSPS) is 11.0. The first kappa shape index (κ1) is 23.8. The van der Waals surface area contributed by atoms with Crippen LogP contribution < -0.4 is 10.9 Å². The van der Waals surface area contributed by atoms with Gasteiger partial charge in [-0.3, -0.25) is 18.8 Å². The average Bonchev–Trinajstić information content (AvgIpc) is 3.35. The molecule has 0 bridgehead atoms. The molecule has 1 amide bonds. The van der Waals surface area contributed by atoms with E-state index in [1.54, 1.807) is 49.0 Å². The Bertz CT molecular complexity index is 1680. The highest BCUT2D eigenvalue weighted by Crippen LogP contribution is 2.22. The third kappa shape index (κ3) is 4.42. The van der Waals surface area contributed by atoms with Crippen molar-refractivity contribution in [3.8, 4) is 11.4 Å². The Labute approximate surface area is 212 Å². The fraction of sp³-hybridized carbons (Fsp3) is 0.143. The zero-order chi connectivity index (χ0) is 26.1. The number of benzene rings is 3. The molecular weight excluding hydrogens is 470 g/mol. The van der Waals surface area contributed by atoms with Crippen LogP contribution in [0.2, 0.25) is 0 Å². The molecule has 0 fully saturated rings. The lowest BCUT2D eigenvalue weighted by Gasteiger charge is -2.08. The Morgan fingerprint density at radius 1 is 0.919 bits per heavy atom. The predicted octanol–water partition coefficient (Wildman–Crippen LogP) is 3.93. The van der Waals surface area contributed by atoms with Crippen LogP contribution in [0.25, 0.3) is 22.4 Å². The number of anilines is 1. The van der Waals surface area contributed by atoms with E-state index in [4.69, 9.17) is 4.74 Å². The molecule has 5 rings (SSSR count). The molecule has 0 unspecified atom stereocenters. The van der Waals surface area contributed by atoms with E-state index in [9.17, 15) is 14.4 Å². The molecule has 9 heteroatoms. The third-order valence-electron chi connectivity index (χ3n) is 6.23. The van der Waals surface area contributed by atoms with Crippen LogP contribution in [0.3, 0.4) is 0 Å². The molecule has 0 atom stereocenters. The van der Waals surface area contributed by atoms with Crippen LogP contribution in [-0.4, -0.2) is 37.4 Å². The number of carbonyl (C=O) groups is 2. The van der Waals surface area contributed by atoms with Gasteiger partial charge in [0.05, 0.1) is 28.0 Å². The second-order valence-corrected chi connectivity index (χ2v) is 8.59. The van der Waals surface area contributed by atoms with Crippen LogP contribution in [0.5, 0.6) is 0 Å². The van der Waals surface area contributed by atoms with Gasteiger partial charge >= 0.3 is 5.97 Å². The largest absolute Gasteiger partial charge is 0.452 e. The van der Waals surface area contributed by atoms with Gasteiger partial charge in [0, 0.05) is 12.7 Å². The Balaban J connectivity index is 1.30. The van der Waals surface area contributed by atoms with Crippen LogP contribution in [0.4, 0.5) is 5.69 Å². The molecule has 0 spiro atoms. The number of aromatic nitrogens is 4. The SMILES string of the molecule is Cc1nc2cc(C(=O)OCC(=O)Nc3c(C)n(C)n(-c4ccccc4)c3=O)ccc2n1-c1ccccc1. The van der Waals surface area contributed by atoms with Crippen LogP contribution in [0.1, 0.15) is 21.9 Å². The molecule has 0 aliphatic rings. The number of amides is 1. The van der Waals surface area contributed by atoms with Gasteiger partial charge in [-0.1, -0.05) is 36.4 Å². The fourth-order valence-corrected chi connectivity index (χ4v) is 4.33. The maximum Gasteiger partial charge on any atom is 0.338 e. The third-order valence-corrected chi connectivity index (χ3v) is 6.23. The predicted molar refractivity (Wildman–Crippen MR) is 140 cm³/mol. The lowest BCUT2D eigenvalue weighted by Crippen LogP contribution is -2.25. The molecule has 2 heterocycles. The number of rotatable bonds is 6. The van der Waals surface area contributed by atoms with Gasteiger partial charge < -0.3 is 10.1 Å². The van der Waals surface area contributed by atoms with Gasteiger partial charge in [-0.15, -0.1) is 0 Å². The van der Waals surface area contributed by atoms with Crippen molar-refractivity contribution in [3.05, 3.63) is 106 Å². The standard InChI is InChI=1S/C28H25N5O4/c1-18-26(27(35)33(31(18)3)22-12-8-5-9-13-22)30-25(34)17-37-28(36)20-14-15-24-23(16-20)29-19(2)32(24)21-10-6-4-7-11-21/h4-16H,17H2,1-3H3,(H,30,34). The van der Waals surface area contributed by atoms with E-state index in [0.717, 1.165) is 17.0 Å². The van der Waals surface area contributed by atoms with E-state index in [1.165, 1.54) is 4.68 Å². The van der Waals surface area contributed by atoms with E-state index in [0.29, 0.717) is 16.9 Å². The summed E-state index contributed by atoms with van der Waals surface area (Å²) >= 11 is 0. The number of hydrogen-bond acceptors (Lipinski definition) is 5. The second-order valence-electron chi connectivity index (χ2n) is 8.59. The first-order valence-corrected chi connectivity index (χ1v) is 11.7. The summed E-state index contributed by atoms with van der Waals surface area (Å²) in [4.78, 5) is 42.8. The van der Waals surface area contributed by atoms with Gasteiger partial charge in [-0.2, -0.15) is 0 Å². The summed E-state index contributed by atoms with van der Waals surface area (Å²) in [5, 5.41) is 2.59. The number of imidazole rings is 1. The van der Waals surface area contributed by atoms with Gasteiger partial charge in [0.25, 0.3) is 11.5 Å². The van der Waals surface area contributed by atoms with Crippen molar-refractivity contribution in [1.29, 1.82) is 0 Å². The van der Waals surface area contributed by atoms with Crippen molar-refractivity contribution in [2.24, 2.45) is 7.05 Å². The van der Waals surface area contributed by atoms with E-state index >= 15 is 0 Å². The van der Waals surface area contributed by atoms with Crippen LogP contribution >= 0.6 is 0 Å². The summed E-state index contributed by atoms with van der Waals surface area (Å²) in [5.41, 5.74) is 3.75. The van der Waals surface area contributed by atoms with E-state index in [1.807, 2.05) is 60.0 Å². The summed E-state index contributed by atoms with van der Waals surface area (Å²) < 4.78 is 10.4. The number of aryl methyl sites for hydroxylation is 1. The summed E-state index contributed by atoms with van der Waals surface area (Å²) in [6.07, 6.45) is 0. The van der Waals surface area contributed by atoms with Gasteiger partial charge in [0.2, 0.25) is 0 Å². The van der Waals surface area contributed by atoms with E-state index in [-0.39, 0.29) is 16.8 Å². The first-order valence-electron chi connectivity index (χ1n) is 11.7. The van der Waals surface area contributed by atoms with Crippen molar-refractivity contribution in [3.63, 3.8) is 0 Å². The summed E-state index contributed by atoms with van der Waals surface area (Å²) in [6.45, 7) is 3.09. The molecule has 0 aliphatic carbocycles. The highest BCUT2D eigenvalue weighted by atomic mass is 16.5. The minimum absolute atomic E-state index is 0.135. The van der Waals surface area contributed by atoms with Crippen molar-refractivity contribution in [2.45, 2.75) is 13.8 Å². The van der Waals surface area contributed by atoms with Crippen LogP contribution in [0.15, 0.2) is 83.7 Å². The number of carbonyl (C=O) groups excluding carboxylic acids is 2. The molecule has 37 heavy (non-hydrogen) atoms. The molecular formula is C28H25N5O4. The van der Waals surface area contributed by atoms with Crippen LogP contribution in [0, 0.1) is 13.8 Å². The summed E-state index contributed by atoms with van der Waals surface area (Å²) in [6, 6.07) is 24.0. The second kappa shape index (κ2) is 9.62. The Morgan fingerprint density at radius 3 is 2.24 bits per heavy atom. The first-order chi connectivity index (χ1) is 17.8. The summed E-state index contributed by atoms with van der Waals surface area (Å²) in [7, 11) is 1.73. The molecule has 5 aromatic rings. The quantitative estimate of drug-likeness (QED) is 0.360. The van der Waals surface area contributed by atoms with Crippen molar-refractivity contribution in [1.82, 2.24) is 18.9 Å². The minimum Gasteiger partial charge on any atom is -0.452 e. The topological polar surface area (TPSA) is 100 Å². The lowest BCUT2D eigenvalue weighted by molar-refractivity contribution is -0.119. The van der Waals surface area contributed by atoms with Gasteiger partial charge in [0.15, 0.2) is 6.61 Å². The smallest absolute Gasteiger partial charge is 0.338 e. The number of hydrogen-bond donors (Lipinski definition) is 1. The average molecular weight is 496 g/mol. The minimum atomic E-state index is -0.657. The van der Waals surface area contributed by atoms with Gasteiger partial charge in [-0.25, -0.2) is 14.5 Å². The van der Waals surface area contributed by atoms with Crippen LogP contribution in [-0.2, 0) is 16.6 Å². The molecule has 9 nitrogen and oxygen atoms in total. The Kier molecular flexibility index (Phi) is 6.19. The molecule has 2 aromatic heterocycles. The zero-order valence-corrected chi connectivity index (χ0v) is 20.6. The number of esters is 1. The van der Waals surface area contributed by atoms with Gasteiger partial charge in [0.1, 0.15) is 11.5 Å². The van der Waals surface area contributed by atoms with Crippen molar-refractivity contribution in [2.75, 3.05) is 11.9 Å². The maximum absolute atomic E-state index is 13.0. The molecule has 0 saturated heterocycles. The molecule has 0 saturated carbocycles. The fourth-order valence-electron chi connectivity index (χ4n) is 4.33. The van der Waals surface area contributed by atoms with Crippen molar-refractivity contribution < 1.29 is 14.3 Å².